The number of nitrogens with two attached hydrogens (primary N) is 1. The summed E-state index contributed by atoms with van der Waals surface area (Å²) in [7, 11) is 0. The Morgan fingerprint density at radius 3 is 2.81 bits per heavy atom. The van der Waals surface area contributed by atoms with E-state index in [0.717, 1.165) is 6.07 Å². The van der Waals surface area contributed by atoms with Gasteiger partial charge in [-0.2, -0.15) is 18.3 Å². The van der Waals surface area contributed by atoms with Crippen LogP contribution in [0.2, 0.25) is 0 Å². The Labute approximate surface area is 177 Å². The maximum absolute atomic E-state index is 13.8. The topological polar surface area (TPSA) is 104 Å². The van der Waals surface area contributed by atoms with Gasteiger partial charge < -0.3 is 15.7 Å². The fourth-order valence-corrected chi connectivity index (χ4v) is 4.28. The highest BCUT2D eigenvalue weighted by molar-refractivity contribution is 5.90. The van der Waals surface area contributed by atoms with Gasteiger partial charge >= 0.3 is 6.18 Å². The lowest BCUT2D eigenvalue weighted by Gasteiger charge is -2.45. The van der Waals surface area contributed by atoms with Crippen molar-refractivity contribution < 1.29 is 18.3 Å². The number of aliphatic hydroxyl groups is 1. The van der Waals surface area contributed by atoms with E-state index >= 15 is 0 Å². The first-order chi connectivity index (χ1) is 14.6. The average Bonchev–Trinajstić information content (AvgIpc) is 3.12. The van der Waals surface area contributed by atoms with Crippen molar-refractivity contribution in [2.45, 2.75) is 44.5 Å². The Bertz CT molecular complexity index is 1080. The third-order valence-electron chi connectivity index (χ3n) is 5.70. The maximum atomic E-state index is 13.8. The number of piperidine rings is 1. The van der Waals surface area contributed by atoms with Crippen molar-refractivity contribution in [2.24, 2.45) is 11.7 Å². The first-order valence-corrected chi connectivity index (χ1v) is 10.2. The smallest absolute Gasteiger partial charge is 0.386 e. The van der Waals surface area contributed by atoms with Crippen molar-refractivity contribution in [3.8, 4) is 11.4 Å². The molecule has 4 rings (SSSR count). The summed E-state index contributed by atoms with van der Waals surface area (Å²) >= 11 is 0. The van der Waals surface area contributed by atoms with Crippen LogP contribution in [-0.4, -0.2) is 50.0 Å². The molecule has 3 aromatic rings. The van der Waals surface area contributed by atoms with Crippen molar-refractivity contribution >= 4 is 16.9 Å². The predicted octanol–water partition coefficient (Wildman–Crippen LogP) is 3.35. The van der Waals surface area contributed by atoms with Crippen LogP contribution < -0.4 is 10.6 Å². The molecule has 0 aromatic carbocycles. The molecule has 4 N–H and O–H groups in total. The van der Waals surface area contributed by atoms with Gasteiger partial charge in [0.25, 0.3) is 0 Å². The molecular weight excluding hydrogens is 409 g/mol. The summed E-state index contributed by atoms with van der Waals surface area (Å²) in [4.78, 5) is 10.3. The van der Waals surface area contributed by atoms with Gasteiger partial charge in [-0.3, -0.25) is 5.10 Å². The quantitative estimate of drug-likeness (QED) is 0.582. The Morgan fingerprint density at radius 1 is 1.32 bits per heavy atom. The molecular formula is C21H25F3N6O. The molecule has 0 aliphatic carbocycles. The summed E-state index contributed by atoms with van der Waals surface area (Å²) in [5.74, 6) is 0.569. The highest BCUT2D eigenvalue weighted by Crippen LogP contribution is 2.39. The number of alkyl halides is 3. The van der Waals surface area contributed by atoms with Gasteiger partial charge in [-0.15, -0.1) is 0 Å². The minimum atomic E-state index is -4.59. The molecule has 1 fully saturated rings. The van der Waals surface area contributed by atoms with Crippen LogP contribution in [0.25, 0.3) is 22.4 Å². The second kappa shape index (κ2) is 7.76. The number of H-pyrrole nitrogens is 1. The fraction of sp³-hybridized carbons (Fsp3) is 0.476. The lowest BCUT2D eigenvalue weighted by Crippen LogP contribution is -2.61. The summed E-state index contributed by atoms with van der Waals surface area (Å²) in [6.07, 6.45) is -2.07. The molecule has 1 aliphatic heterocycles. The number of aromatic amines is 1. The molecule has 0 bridgehead atoms. The summed E-state index contributed by atoms with van der Waals surface area (Å²) in [5, 5.41) is 18.2. The van der Waals surface area contributed by atoms with Gasteiger partial charge in [-0.05, 0) is 43.0 Å². The Morgan fingerprint density at radius 2 is 2.10 bits per heavy atom. The van der Waals surface area contributed by atoms with Crippen molar-refractivity contribution in [1.82, 2.24) is 20.2 Å². The highest BCUT2D eigenvalue weighted by Gasteiger charge is 2.41. The minimum absolute atomic E-state index is 0.156. The van der Waals surface area contributed by atoms with E-state index in [1.807, 2.05) is 13.8 Å². The van der Waals surface area contributed by atoms with E-state index in [1.54, 1.807) is 17.0 Å². The van der Waals surface area contributed by atoms with Crippen molar-refractivity contribution in [3.05, 3.63) is 36.0 Å². The number of hydrogen-bond donors (Lipinski definition) is 3. The van der Waals surface area contributed by atoms with Crippen molar-refractivity contribution in [2.75, 3.05) is 18.0 Å². The molecule has 31 heavy (non-hydrogen) atoms. The molecule has 0 unspecified atom stereocenters. The van der Waals surface area contributed by atoms with E-state index in [-0.39, 0.29) is 23.9 Å². The molecule has 166 valence electrons. The number of hydrogen-bond acceptors (Lipinski definition) is 6. The van der Waals surface area contributed by atoms with Gasteiger partial charge in [0, 0.05) is 30.7 Å². The molecule has 3 aromatic heterocycles. The van der Waals surface area contributed by atoms with Gasteiger partial charge in [0.05, 0.1) is 16.9 Å². The second-order valence-electron chi connectivity index (χ2n) is 8.55. The standard InChI is InChI=1S/C21H25F3N6O/c1-12(2)10-20(31)11-30(9-7-15(20)25)16-6-5-14(21(22,23)24)18(27-16)17-13-4-3-8-26-19(13)29-28-17/h3-6,8,12,15,31H,7,9-11,25H2,1-2H3,(H,26,28,29)/t15-,20-/m1/s1. The van der Waals surface area contributed by atoms with Crippen LogP contribution in [0.15, 0.2) is 30.5 Å². The lowest BCUT2D eigenvalue weighted by molar-refractivity contribution is -0.137. The van der Waals surface area contributed by atoms with E-state index in [9.17, 15) is 18.3 Å². The first-order valence-electron chi connectivity index (χ1n) is 10.2. The zero-order valence-corrected chi connectivity index (χ0v) is 17.3. The second-order valence-corrected chi connectivity index (χ2v) is 8.55. The Balaban J connectivity index is 1.78. The number of nitrogens with one attached hydrogen (secondary N) is 1. The van der Waals surface area contributed by atoms with Crippen LogP contribution in [0.1, 0.15) is 32.3 Å². The van der Waals surface area contributed by atoms with Crippen LogP contribution in [0.4, 0.5) is 19.0 Å². The van der Waals surface area contributed by atoms with Gasteiger partial charge in [0.2, 0.25) is 0 Å². The van der Waals surface area contributed by atoms with Crippen LogP contribution >= 0.6 is 0 Å². The van der Waals surface area contributed by atoms with E-state index in [1.165, 1.54) is 12.3 Å². The number of anilines is 1. The van der Waals surface area contributed by atoms with Crippen LogP contribution in [0.5, 0.6) is 0 Å². The fourth-order valence-electron chi connectivity index (χ4n) is 4.28. The molecule has 0 spiro atoms. The molecule has 4 heterocycles. The monoisotopic (exact) mass is 434 g/mol. The number of aromatic nitrogens is 4. The summed E-state index contributed by atoms with van der Waals surface area (Å²) in [6, 6.07) is 5.25. The number of rotatable bonds is 4. The predicted molar refractivity (Wildman–Crippen MR) is 111 cm³/mol. The van der Waals surface area contributed by atoms with Crippen LogP contribution in [0.3, 0.4) is 0 Å². The molecule has 2 atom stereocenters. The summed E-state index contributed by atoms with van der Waals surface area (Å²) < 4.78 is 41.3. The van der Waals surface area contributed by atoms with Crippen LogP contribution in [-0.2, 0) is 6.18 Å². The molecule has 0 saturated carbocycles. The van der Waals surface area contributed by atoms with Gasteiger partial charge in [0.1, 0.15) is 11.5 Å². The summed E-state index contributed by atoms with van der Waals surface area (Å²) in [5.41, 5.74) is 4.41. The maximum Gasteiger partial charge on any atom is 0.418 e. The van der Waals surface area contributed by atoms with Crippen LogP contribution in [0, 0.1) is 5.92 Å². The molecule has 10 heteroatoms. The molecule has 0 radical (unpaired) electrons. The van der Waals surface area contributed by atoms with E-state index in [0.29, 0.717) is 36.2 Å². The normalized spacial score (nSPS) is 22.5. The van der Waals surface area contributed by atoms with E-state index in [2.05, 4.69) is 20.2 Å². The zero-order valence-electron chi connectivity index (χ0n) is 17.3. The number of nitrogens with zero attached hydrogens (tertiary/aromatic N) is 4. The lowest BCUT2D eigenvalue weighted by atomic mass is 9.81. The van der Waals surface area contributed by atoms with Crippen molar-refractivity contribution in [1.29, 1.82) is 0 Å². The van der Waals surface area contributed by atoms with Gasteiger partial charge in [-0.25, -0.2) is 9.97 Å². The van der Waals surface area contributed by atoms with E-state index < -0.39 is 23.4 Å². The van der Waals surface area contributed by atoms with Gasteiger partial charge in [-0.1, -0.05) is 13.8 Å². The van der Waals surface area contributed by atoms with Gasteiger partial charge in [0.15, 0.2) is 5.65 Å². The number of β-amino-alcohol motifs (C(OH)–C–C–N with tert-alkyl or cyclic N) is 1. The number of halogens is 3. The first kappa shape index (κ1) is 21.5. The Hall–Kier alpha value is -2.72. The molecule has 7 nitrogen and oxygen atoms in total. The number of pyridine rings is 2. The third kappa shape index (κ3) is 4.09. The summed E-state index contributed by atoms with van der Waals surface area (Å²) in [6.45, 7) is 4.69. The molecule has 1 saturated heterocycles. The average molecular weight is 434 g/mol. The molecule has 1 aliphatic rings. The number of fused-ring (bicyclic) bond motifs is 1. The SMILES string of the molecule is CC(C)C[C@@]1(O)CN(c2ccc(C(F)(F)F)c(-c3[nH]nc4ncccc34)n2)CC[C@H]1N. The molecule has 0 amide bonds. The minimum Gasteiger partial charge on any atom is -0.386 e. The van der Waals surface area contributed by atoms with E-state index in [4.69, 9.17) is 5.73 Å². The highest BCUT2D eigenvalue weighted by atomic mass is 19.4. The Kier molecular flexibility index (Phi) is 5.38. The van der Waals surface area contributed by atoms with Crippen molar-refractivity contribution in [3.63, 3.8) is 0 Å². The largest absolute Gasteiger partial charge is 0.418 e. The third-order valence-corrected chi connectivity index (χ3v) is 5.70. The zero-order chi connectivity index (χ0) is 22.4.